The van der Waals surface area contributed by atoms with Crippen LogP contribution < -0.4 is 0 Å². The Labute approximate surface area is 93.4 Å². The molecule has 0 aliphatic carbocycles. The first-order chi connectivity index (χ1) is 7.26. The summed E-state index contributed by atoms with van der Waals surface area (Å²) in [6.07, 6.45) is 8.76. The van der Waals surface area contributed by atoms with Crippen LogP contribution in [0.25, 0.3) is 0 Å². The lowest BCUT2D eigenvalue weighted by Gasteiger charge is -2.04. The van der Waals surface area contributed by atoms with E-state index >= 15 is 0 Å². The quantitative estimate of drug-likeness (QED) is 0.354. The topological polar surface area (TPSA) is 37.3 Å². The summed E-state index contributed by atoms with van der Waals surface area (Å²) in [5.41, 5.74) is 0.611. The molecule has 2 heteroatoms. The molecule has 0 spiro atoms. The molecule has 0 heterocycles. The number of carbonyl (C=O) groups excluding carboxylic acids is 1. The standard InChI is InChI=1S/C13H24O2/c1-3-5-7-9-12(11-14)13(15)10-8-6-4-2/h11,14H,3-10H2,1-2H3. The van der Waals surface area contributed by atoms with Crippen molar-refractivity contribution in [3.63, 3.8) is 0 Å². The van der Waals surface area contributed by atoms with Gasteiger partial charge >= 0.3 is 0 Å². The van der Waals surface area contributed by atoms with Crippen LogP contribution in [-0.4, -0.2) is 10.9 Å². The molecule has 0 atom stereocenters. The van der Waals surface area contributed by atoms with E-state index in [9.17, 15) is 4.79 Å². The minimum Gasteiger partial charge on any atom is -0.515 e. The Morgan fingerprint density at radius 3 is 2.00 bits per heavy atom. The molecular formula is C13H24O2. The van der Waals surface area contributed by atoms with E-state index in [0.717, 1.165) is 51.2 Å². The first-order valence-corrected chi connectivity index (χ1v) is 6.12. The highest BCUT2D eigenvalue weighted by molar-refractivity contribution is 5.94. The molecule has 88 valence electrons. The van der Waals surface area contributed by atoms with Gasteiger partial charge in [-0.05, 0) is 19.3 Å². The van der Waals surface area contributed by atoms with Crippen molar-refractivity contribution in [1.82, 2.24) is 0 Å². The maximum absolute atomic E-state index is 11.6. The van der Waals surface area contributed by atoms with E-state index in [-0.39, 0.29) is 5.78 Å². The molecule has 1 N–H and O–H groups in total. The zero-order valence-corrected chi connectivity index (χ0v) is 10.1. The summed E-state index contributed by atoms with van der Waals surface area (Å²) in [6.45, 7) is 4.25. The first-order valence-electron chi connectivity index (χ1n) is 6.12. The van der Waals surface area contributed by atoms with Crippen LogP contribution in [0, 0.1) is 0 Å². The third-order valence-corrected chi connectivity index (χ3v) is 2.57. The van der Waals surface area contributed by atoms with Crippen LogP contribution in [0.15, 0.2) is 11.8 Å². The molecule has 0 aromatic heterocycles. The normalized spacial score (nSPS) is 11.7. The van der Waals surface area contributed by atoms with Gasteiger partial charge in [0.15, 0.2) is 5.78 Å². The van der Waals surface area contributed by atoms with Crippen LogP contribution in [0.5, 0.6) is 0 Å². The van der Waals surface area contributed by atoms with Gasteiger partial charge in [-0.15, -0.1) is 0 Å². The molecule has 0 saturated heterocycles. The monoisotopic (exact) mass is 212 g/mol. The van der Waals surface area contributed by atoms with Crippen molar-refractivity contribution in [1.29, 1.82) is 0 Å². The summed E-state index contributed by atoms with van der Waals surface area (Å²) >= 11 is 0. The van der Waals surface area contributed by atoms with E-state index in [4.69, 9.17) is 5.11 Å². The number of rotatable bonds is 9. The first kappa shape index (κ1) is 14.2. The molecule has 0 radical (unpaired) electrons. The van der Waals surface area contributed by atoms with E-state index in [1.54, 1.807) is 0 Å². The fraction of sp³-hybridized carbons (Fsp3) is 0.769. The summed E-state index contributed by atoms with van der Waals surface area (Å²) in [5, 5.41) is 8.97. The van der Waals surface area contributed by atoms with Crippen LogP contribution in [-0.2, 0) is 4.79 Å². The fourth-order valence-corrected chi connectivity index (χ4v) is 1.54. The number of unbranched alkanes of at least 4 members (excludes halogenated alkanes) is 4. The smallest absolute Gasteiger partial charge is 0.161 e. The van der Waals surface area contributed by atoms with Crippen molar-refractivity contribution in [3.05, 3.63) is 11.8 Å². The molecule has 0 rings (SSSR count). The maximum Gasteiger partial charge on any atom is 0.161 e. The predicted molar refractivity (Wildman–Crippen MR) is 64.0 cm³/mol. The molecule has 0 aromatic carbocycles. The minimum absolute atomic E-state index is 0.127. The Balaban J connectivity index is 3.79. The van der Waals surface area contributed by atoms with Gasteiger partial charge in [0.2, 0.25) is 0 Å². The summed E-state index contributed by atoms with van der Waals surface area (Å²) in [5.74, 6) is 0.127. The highest BCUT2D eigenvalue weighted by atomic mass is 16.2. The molecule has 0 aromatic rings. The predicted octanol–water partition coefficient (Wildman–Crippen LogP) is 4.16. The number of aliphatic hydroxyl groups excluding tert-OH is 1. The van der Waals surface area contributed by atoms with Gasteiger partial charge in [0.1, 0.15) is 0 Å². The van der Waals surface area contributed by atoms with Crippen LogP contribution in [0.4, 0.5) is 0 Å². The van der Waals surface area contributed by atoms with E-state index in [2.05, 4.69) is 13.8 Å². The number of carbonyl (C=O) groups is 1. The zero-order valence-electron chi connectivity index (χ0n) is 10.1. The zero-order chi connectivity index (χ0) is 11.5. The molecule has 15 heavy (non-hydrogen) atoms. The lowest BCUT2D eigenvalue weighted by atomic mass is 10.0. The average molecular weight is 212 g/mol. The Kier molecular flexibility index (Phi) is 9.24. The number of aliphatic hydroxyl groups is 1. The molecule has 0 saturated carbocycles. The lowest BCUT2D eigenvalue weighted by molar-refractivity contribution is -0.115. The molecule has 0 fully saturated rings. The highest BCUT2D eigenvalue weighted by Gasteiger charge is 2.08. The molecule has 0 aliphatic heterocycles. The van der Waals surface area contributed by atoms with Crippen molar-refractivity contribution >= 4 is 5.78 Å². The van der Waals surface area contributed by atoms with E-state index in [1.165, 1.54) is 0 Å². The minimum atomic E-state index is 0.127. The van der Waals surface area contributed by atoms with Gasteiger partial charge in [0.25, 0.3) is 0 Å². The van der Waals surface area contributed by atoms with Gasteiger partial charge in [-0.3, -0.25) is 4.79 Å². The Bertz CT molecular complexity index is 195. The molecule has 2 nitrogen and oxygen atoms in total. The van der Waals surface area contributed by atoms with Gasteiger partial charge in [-0.25, -0.2) is 0 Å². The lowest BCUT2D eigenvalue weighted by Crippen LogP contribution is -2.03. The number of Topliss-reactive ketones (excluding diaryl/α,β-unsaturated/α-hetero) is 1. The van der Waals surface area contributed by atoms with Gasteiger partial charge < -0.3 is 5.11 Å². The second kappa shape index (κ2) is 9.75. The van der Waals surface area contributed by atoms with E-state index in [0.29, 0.717) is 12.0 Å². The number of hydrogen-bond acceptors (Lipinski definition) is 2. The van der Waals surface area contributed by atoms with Crippen molar-refractivity contribution in [2.24, 2.45) is 0 Å². The van der Waals surface area contributed by atoms with Gasteiger partial charge in [0, 0.05) is 12.0 Å². The summed E-state index contributed by atoms with van der Waals surface area (Å²) in [7, 11) is 0. The second-order valence-electron chi connectivity index (χ2n) is 3.99. The molecule has 0 unspecified atom stereocenters. The SMILES string of the molecule is CCCCCC(=O)C(=CO)CCCCC. The maximum atomic E-state index is 11.6. The molecule has 0 amide bonds. The number of hydrogen-bond donors (Lipinski definition) is 1. The average Bonchev–Trinajstić information content (AvgIpc) is 2.24. The van der Waals surface area contributed by atoms with E-state index < -0.39 is 0 Å². The summed E-state index contributed by atoms with van der Waals surface area (Å²) < 4.78 is 0. The van der Waals surface area contributed by atoms with Crippen LogP contribution in [0.3, 0.4) is 0 Å². The molecule has 0 aliphatic rings. The Morgan fingerprint density at radius 1 is 1.00 bits per heavy atom. The van der Waals surface area contributed by atoms with Crippen molar-refractivity contribution in [3.8, 4) is 0 Å². The Hall–Kier alpha value is -0.790. The van der Waals surface area contributed by atoms with Gasteiger partial charge in [0.05, 0.1) is 6.26 Å². The third-order valence-electron chi connectivity index (χ3n) is 2.57. The van der Waals surface area contributed by atoms with Gasteiger partial charge in [-0.2, -0.15) is 0 Å². The summed E-state index contributed by atoms with van der Waals surface area (Å²) in [4.78, 5) is 11.6. The van der Waals surface area contributed by atoms with Crippen LogP contribution in [0.2, 0.25) is 0 Å². The van der Waals surface area contributed by atoms with Gasteiger partial charge in [-0.1, -0.05) is 39.5 Å². The largest absolute Gasteiger partial charge is 0.515 e. The fourth-order valence-electron chi connectivity index (χ4n) is 1.54. The van der Waals surface area contributed by atoms with Crippen molar-refractivity contribution in [2.45, 2.75) is 65.2 Å². The second-order valence-corrected chi connectivity index (χ2v) is 3.99. The third kappa shape index (κ3) is 7.18. The van der Waals surface area contributed by atoms with Crippen molar-refractivity contribution < 1.29 is 9.90 Å². The van der Waals surface area contributed by atoms with Crippen LogP contribution in [0.1, 0.15) is 65.2 Å². The molecular weight excluding hydrogens is 188 g/mol. The van der Waals surface area contributed by atoms with Crippen LogP contribution >= 0.6 is 0 Å². The number of ketones is 1. The highest BCUT2D eigenvalue weighted by Crippen LogP contribution is 2.13. The van der Waals surface area contributed by atoms with Crippen molar-refractivity contribution in [2.75, 3.05) is 0 Å². The molecule has 0 bridgehead atoms. The summed E-state index contributed by atoms with van der Waals surface area (Å²) in [6, 6.07) is 0. The number of allylic oxidation sites excluding steroid dienone is 1. The van der Waals surface area contributed by atoms with E-state index in [1.807, 2.05) is 0 Å². The Morgan fingerprint density at radius 2 is 1.53 bits per heavy atom.